The van der Waals surface area contributed by atoms with Gasteiger partial charge in [0.1, 0.15) is 5.78 Å². The molecule has 2 atom stereocenters. The number of hydrogen-bond acceptors (Lipinski definition) is 2. The Morgan fingerprint density at radius 3 is 2.78 bits per heavy atom. The molecule has 0 aromatic rings. The highest BCUT2D eigenvalue weighted by Gasteiger charge is 2.36. The van der Waals surface area contributed by atoms with Crippen LogP contribution < -0.4 is 0 Å². The molecule has 0 amide bonds. The first kappa shape index (κ1) is 14.0. The van der Waals surface area contributed by atoms with E-state index < -0.39 is 0 Å². The largest absolute Gasteiger partial charge is 0.299 e. The highest BCUT2D eigenvalue weighted by molar-refractivity contribution is 5.82. The summed E-state index contributed by atoms with van der Waals surface area (Å²) < 4.78 is 0. The topological polar surface area (TPSA) is 20.3 Å². The van der Waals surface area contributed by atoms with Crippen molar-refractivity contribution in [2.24, 2.45) is 11.8 Å². The third-order valence-corrected chi connectivity index (χ3v) is 5.08. The van der Waals surface area contributed by atoms with Crippen LogP contribution in [0.5, 0.6) is 0 Å². The molecule has 0 bridgehead atoms. The SMILES string of the molecule is CCCC1CCC(=O)C(CN2CCCC2(C)C)C1. The van der Waals surface area contributed by atoms with E-state index in [9.17, 15) is 4.79 Å². The lowest BCUT2D eigenvalue weighted by Gasteiger charge is -2.36. The van der Waals surface area contributed by atoms with Crippen LogP contribution in [0.3, 0.4) is 0 Å². The molecule has 2 nitrogen and oxygen atoms in total. The molecule has 1 saturated carbocycles. The number of Topliss-reactive ketones (excluding diaryl/α,β-unsaturated/α-hetero) is 1. The lowest BCUT2D eigenvalue weighted by molar-refractivity contribution is -0.126. The molecule has 0 aromatic heterocycles. The van der Waals surface area contributed by atoms with Gasteiger partial charge < -0.3 is 0 Å². The van der Waals surface area contributed by atoms with Crippen molar-refractivity contribution in [2.45, 2.75) is 71.3 Å². The van der Waals surface area contributed by atoms with Gasteiger partial charge in [-0.25, -0.2) is 0 Å². The first-order chi connectivity index (χ1) is 8.53. The average molecular weight is 251 g/mol. The van der Waals surface area contributed by atoms with Crippen LogP contribution in [0.25, 0.3) is 0 Å². The Kier molecular flexibility index (Phi) is 4.47. The highest BCUT2D eigenvalue weighted by Crippen LogP contribution is 2.34. The van der Waals surface area contributed by atoms with Crippen LogP contribution in [0.15, 0.2) is 0 Å². The molecule has 2 heteroatoms. The second kappa shape index (κ2) is 5.73. The molecule has 0 aromatic carbocycles. The number of nitrogens with zero attached hydrogens (tertiary/aromatic N) is 1. The molecule has 2 rings (SSSR count). The molecule has 2 fully saturated rings. The van der Waals surface area contributed by atoms with E-state index in [1.54, 1.807) is 0 Å². The Bertz CT molecular complexity index is 297. The van der Waals surface area contributed by atoms with E-state index in [2.05, 4.69) is 25.7 Å². The number of ketones is 1. The standard InChI is InChI=1S/C16H29NO/c1-4-6-13-7-8-15(18)14(11-13)12-17-10-5-9-16(17,2)3/h13-14H,4-12H2,1-3H3. The van der Waals surface area contributed by atoms with Crippen molar-refractivity contribution in [1.82, 2.24) is 4.90 Å². The zero-order chi connectivity index (χ0) is 13.2. The maximum absolute atomic E-state index is 12.1. The van der Waals surface area contributed by atoms with Gasteiger partial charge in [-0.3, -0.25) is 9.69 Å². The first-order valence-electron chi connectivity index (χ1n) is 7.80. The lowest BCUT2D eigenvalue weighted by Crippen LogP contribution is -2.44. The van der Waals surface area contributed by atoms with Crippen LogP contribution in [0, 0.1) is 11.8 Å². The van der Waals surface area contributed by atoms with Gasteiger partial charge in [0, 0.05) is 24.4 Å². The summed E-state index contributed by atoms with van der Waals surface area (Å²) >= 11 is 0. The van der Waals surface area contributed by atoms with Crippen molar-refractivity contribution in [3.63, 3.8) is 0 Å². The summed E-state index contributed by atoms with van der Waals surface area (Å²) in [5.41, 5.74) is 0.317. The van der Waals surface area contributed by atoms with Crippen molar-refractivity contribution in [3.8, 4) is 0 Å². The normalized spacial score (nSPS) is 32.9. The zero-order valence-electron chi connectivity index (χ0n) is 12.4. The first-order valence-corrected chi connectivity index (χ1v) is 7.80. The maximum Gasteiger partial charge on any atom is 0.137 e. The fourth-order valence-electron chi connectivity index (χ4n) is 3.82. The molecular formula is C16H29NO. The van der Waals surface area contributed by atoms with Gasteiger partial charge in [0.05, 0.1) is 0 Å². The van der Waals surface area contributed by atoms with E-state index in [0.717, 1.165) is 31.7 Å². The summed E-state index contributed by atoms with van der Waals surface area (Å²) in [6.07, 6.45) is 8.29. The second-order valence-electron chi connectivity index (χ2n) is 6.95. The van der Waals surface area contributed by atoms with Gasteiger partial charge in [0.2, 0.25) is 0 Å². The van der Waals surface area contributed by atoms with Gasteiger partial charge in [0.25, 0.3) is 0 Å². The molecule has 2 unspecified atom stereocenters. The number of rotatable bonds is 4. The summed E-state index contributed by atoms with van der Waals surface area (Å²) in [6, 6.07) is 0. The predicted octanol–water partition coefficient (Wildman–Crippen LogP) is 3.65. The summed E-state index contributed by atoms with van der Waals surface area (Å²) in [5.74, 6) is 1.67. The van der Waals surface area contributed by atoms with Gasteiger partial charge >= 0.3 is 0 Å². The summed E-state index contributed by atoms with van der Waals surface area (Å²) in [7, 11) is 0. The molecular weight excluding hydrogens is 222 g/mol. The average Bonchev–Trinajstić information content (AvgIpc) is 2.63. The quantitative estimate of drug-likeness (QED) is 0.760. The molecule has 18 heavy (non-hydrogen) atoms. The smallest absolute Gasteiger partial charge is 0.137 e. The molecule has 1 saturated heterocycles. The van der Waals surface area contributed by atoms with Gasteiger partial charge in [-0.05, 0) is 52.0 Å². The minimum absolute atomic E-state index is 0.317. The molecule has 2 aliphatic rings. The third kappa shape index (κ3) is 3.14. The Morgan fingerprint density at radius 1 is 1.39 bits per heavy atom. The summed E-state index contributed by atoms with van der Waals surface area (Å²) in [4.78, 5) is 14.7. The zero-order valence-corrected chi connectivity index (χ0v) is 12.4. The van der Waals surface area contributed by atoms with Crippen molar-refractivity contribution >= 4 is 5.78 Å². The Labute approximate surface area is 112 Å². The minimum Gasteiger partial charge on any atom is -0.299 e. The van der Waals surface area contributed by atoms with E-state index >= 15 is 0 Å². The van der Waals surface area contributed by atoms with Crippen molar-refractivity contribution in [2.75, 3.05) is 13.1 Å². The molecule has 0 N–H and O–H groups in total. The Hall–Kier alpha value is -0.370. The van der Waals surface area contributed by atoms with Gasteiger partial charge in [0.15, 0.2) is 0 Å². The number of carbonyl (C=O) groups excluding carboxylic acids is 1. The van der Waals surface area contributed by atoms with Crippen LogP contribution in [-0.4, -0.2) is 29.3 Å². The van der Waals surface area contributed by atoms with Gasteiger partial charge in [-0.1, -0.05) is 19.8 Å². The van der Waals surface area contributed by atoms with E-state index in [4.69, 9.17) is 0 Å². The Morgan fingerprint density at radius 2 is 2.17 bits per heavy atom. The number of carbonyl (C=O) groups is 1. The predicted molar refractivity (Wildman–Crippen MR) is 75.6 cm³/mol. The molecule has 0 spiro atoms. The minimum atomic E-state index is 0.317. The molecule has 0 radical (unpaired) electrons. The summed E-state index contributed by atoms with van der Waals surface area (Å²) in [5, 5.41) is 0. The van der Waals surface area contributed by atoms with Crippen molar-refractivity contribution in [1.29, 1.82) is 0 Å². The van der Waals surface area contributed by atoms with Crippen LogP contribution in [0.4, 0.5) is 0 Å². The fourth-order valence-corrected chi connectivity index (χ4v) is 3.82. The summed E-state index contributed by atoms with van der Waals surface area (Å²) in [6.45, 7) is 9.13. The van der Waals surface area contributed by atoms with Crippen LogP contribution in [0.2, 0.25) is 0 Å². The molecule has 1 heterocycles. The monoisotopic (exact) mass is 251 g/mol. The van der Waals surface area contributed by atoms with Gasteiger partial charge in [-0.15, -0.1) is 0 Å². The maximum atomic E-state index is 12.1. The Balaban J connectivity index is 1.92. The second-order valence-corrected chi connectivity index (χ2v) is 6.95. The van der Waals surface area contributed by atoms with E-state index in [1.165, 1.54) is 32.2 Å². The lowest BCUT2D eigenvalue weighted by atomic mass is 9.78. The van der Waals surface area contributed by atoms with Crippen LogP contribution in [-0.2, 0) is 4.79 Å². The molecule has 104 valence electrons. The van der Waals surface area contributed by atoms with Crippen LogP contribution in [0.1, 0.15) is 65.7 Å². The highest BCUT2D eigenvalue weighted by atomic mass is 16.1. The molecule has 1 aliphatic carbocycles. The fraction of sp³-hybridized carbons (Fsp3) is 0.938. The van der Waals surface area contributed by atoms with E-state index in [1.807, 2.05) is 0 Å². The van der Waals surface area contributed by atoms with Gasteiger partial charge in [-0.2, -0.15) is 0 Å². The van der Waals surface area contributed by atoms with Crippen LogP contribution >= 0.6 is 0 Å². The van der Waals surface area contributed by atoms with E-state index in [-0.39, 0.29) is 0 Å². The van der Waals surface area contributed by atoms with Crippen molar-refractivity contribution < 1.29 is 4.79 Å². The van der Waals surface area contributed by atoms with E-state index in [0.29, 0.717) is 17.2 Å². The van der Waals surface area contributed by atoms with Crippen molar-refractivity contribution in [3.05, 3.63) is 0 Å². The molecule has 1 aliphatic heterocycles. The third-order valence-electron chi connectivity index (χ3n) is 5.08. The number of hydrogen-bond donors (Lipinski definition) is 0. The number of likely N-dealkylation sites (tertiary alicyclic amines) is 1.